The van der Waals surface area contributed by atoms with Crippen LogP contribution in [0.5, 0.6) is 0 Å². The highest BCUT2D eigenvalue weighted by Crippen LogP contribution is 2.10. The van der Waals surface area contributed by atoms with Crippen LogP contribution in [0.3, 0.4) is 0 Å². The fourth-order valence-corrected chi connectivity index (χ4v) is 2.98. The lowest BCUT2D eigenvalue weighted by atomic mass is 10.2. The molecule has 0 radical (unpaired) electrons. The number of amides is 1. The van der Waals surface area contributed by atoms with Crippen molar-refractivity contribution >= 4 is 17.2 Å². The monoisotopic (exact) mass is 291 g/mol. The molecule has 2 aromatic rings. The molecule has 0 aliphatic carbocycles. The predicted octanol–water partition coefficient (Wildman–Crippen LogP) is 0.870. The minimum absolute atomic E-state index is 0.156. The maximum absolute atomic E-state index is 12.0. The van der Waals surface area contributed by atoms with Crippen LogP contribution >= 0.6 is 11.3 Å². The van der Waals surface area contributed by atoms with Crippen LogP contribution in [0.15, 0.2) is 23.7 Å². The van der Waals surface area contributed by atoms with E-state index in [2.05, 4.69) is 20.9 Å². The second kappa shape index (κ2) is 6.15. The first-order valence-electron chi connectivity index (χ1n) is 6.75. The topological polar surface area (TPSA) is 71.8 Å². The normalized spacial score (nSPS) is 18.3. The van der Waals surface area contributed by atoms with Gasteiger partial charge in [-0.2, -0.15) is 0 Å². The van der Waals surface area contributed by atoms with Gasteiger partial charge in [-0.25, -0.2) is 4.68 Å². The number of rotatable bonds is 5. The van der Waals surface area contributed by atoms with Crippen LogP contribution in [0.4, 0.5) is 0 Å². The minimum Gasteiger partial charge on any atom is -0.349 e. The highest BCUT2D eigenvalue weighted by atomic mass is 32.1. The smallest absolute Gasteiger partial charge is 0.273 e. The predicted molar refractivity (Wildman–Crippen MR) is 76.8 cm³/mol. The molecule has 1 amide bonds. The summed E-state index contributed by atoms with van der Waals surface area (Å²) < 4.78 is 1.69. The van der Waals surface area contributed by atoms with Crippen LogP contribution in [-0.4, -0.2) is 40.0 Å². The number of hydrogen-bond donors (Lipinski definition) is 2. The second-order valence-corrected chi connectivity index (χ2v) is 5.92. The molecule has 0 spiro atoms. The summed E-state index contributed by atoms with van der Waals surface area (Å²) in [7, 11) is 0. The molecule has 1 aliphatic rings. The van der Waals surface area contributed by atoms with Gasteiger partial charge in [0.1, 0.15) is 0 Å². The van der Waals surface area contributed by atoms with Crippen LogP contribution in [0.2, 0.25) is 0 Å². The van der Waals surface area contributed by atoms with Crippen molar-refractivity contribution in [3.05, 3.63) is 34.3 Å². The molecule has 20 heavy (non-hydrogen) atoms. The lowest BCUT2D eigenvalue weighted by Gasteiger charge is -2.09. The molecule has 2 N–H and O–H groups in total. The first-order chi connectivity index (χ1) is 9.81. The zero-order chi connectivity index (χ0) is 13.8. The van der Waals surface area contributed by atoms with E-state index in [1.54, 1.807) is 22.2 Å². The Kier molecular flexibility index (Phi) is 4.08. The maximum Gasteiger partial charge on any atom is 0.273 e. The van der Waals surface area contributed by atoms with Crippen LogP contribution in [0.1, 0.15) is 28.2 Å². The first kappa shape index (κ1) is 13.3. The van der Waals surface area contributed by atoms with Crippen molar-refractivity contribution in [2.45, 2.75) is 25.4 Å². The lowest BCUT2D eigenvalue weighted by molar-refractivity contribution is 0.0945. The fraction of sp³-hybridized carbons (Fsp3) is 0.462. The molecule has 2 aromatic heterocycles. The summed E-state index contributed by atoms with van der Waals surface area (Å²) in [4.78, 5) is 13.2. The Balaban J connectivity index is 1.54. The number of hydrogen-bond acceptors (Lipinski definition) is 5. The number of carbonyl (C=O) groups excluding carboxylic acids is 1. The molecule has 1 fully saturated rings. The molecule has 0 saturated carbocycles. The van der Waals surface area contributed by atoms with Gasteiger partial charge >= 0.3 is 0 Å². The van der Waals surface area contributed by atoms with Gasteiger partial charge in [0.25, 0.3) is 5.91 Å². The van der Waals surface area contributed by atoms with E-state index < -0.39 is 0 Å². The zero-order valence-corrected chi connectivity index (χ0v) is 11.9. The van der Waals surface area contributed by atoms with E-state index in [4.69, 9.17) is 0 Å². The molecule has 6 nitrogen and oxygen atoms in total. The SMILES string of the molecule is O=C(NCC1CCCN1)c1cn(Cc2cccs2)nn1. The molecule has 106 valence electrons. The van der Waals surface area contributed by atoms with Gasteiger partial charge in [0.05, 0.1) is 12.7 Å². The summed E-state index contributed by atoms with van der Waals surface area (Å²) in [6.45, 7) is 2.34. The van der Waals surface area contributed by atoms with Gasteiger partial charge in [0.2, 0.25) is 0 Å². The van der Waals surface area contributed by atoms with Crippen molar-refractivity contribution in [3.8, 4) is 0 Å². The number of nitrogens with zero attached hydrogens (tertiary/aromatic N) is 3. The molecular weight excluding hydrogens is 274 g/mol. The van der Waals surface area contributed by atoms with Gasteiger partial charge in [-0.3, -0.25) is 4.79 Å². The Morgan fingerprint density at radius 3 is 3.30 bits per heavy atom. The van der Waals surface area contributed by atoms with E-state index in [0.29, 0.717) is 24.8 Å². The summed E-state index contributed by atoms with van der Waals surface area (Å²) in [5.41, 5.74) is 0.375. The Hall–Kier alpha value is -1.73. The van der Waals surface area contributed by atoms with E-state index in [1.807, 2.05) is 17.5 Å². The average Bonchev–Trinajstić information content (AvgIpc) is 3.19. The zero-order valence-electron chi connectivity index (χ0n) is 11.1. The molecule has 1 unspecified atom stereocenters. The fourth-order valence-electron chi connectivity index (χ4n) is 2.28. The summed E-state index contributed by atoms with van der Waals surface area (Å²) in [6.07, 6.45) is 3.99. The van der Waals surface area contributed by atoms with Crippen molar-refractivity contribution < 1.29 is 4.79 Å². The van der Waals surface area contributed by atoms with Crippen LogP contribution in [0.25, 0.3) is 0 Å². The van der Waals surface area contributed by atoms with Gasteiger partial charge in [-0.05, 0) is 30.8 Å². The summed E-state index contributed by atoms with van der Waals surface area (Å²) in [6, 6.07) is 4.43. The Bertz CT molecular complexity index is 559. The highest BCUT2D eigenvalue weighted by molar-refractivity contribution is 7.09. The Morgan fingerprint density at radius 2 is 2.55 bits per heavy atom. The molecule has 1 saturated heterocycles. The molecule has 3 rings (SSSR count). The van der Waals surface area contributed by atoms with Gasteiger partial charge in [-0.15, -0.1) is 16.4 Å². The van der Waals surface area contributed by atoms with E-state index >= 15 is 0 Å². The van der Waals surface area contributed by atoms with Gasteiger partial charge in [0.15, 0.2) is 5.69 Å². The average molecular weight is 291 g/mol. The molecule has 1 atom stereocenters. The van der Waals surface area contributed by atoms with Crippen molar-refractivity contribution in [1.82, 2.24) is 25.6 Å². The molecule has 1 aliphatic heterocycles. The van der Waals surface area contributed by atoms with E-state index in [-0.39, 0.29) is 5.91 Å². The van der Waals surface area contributed by atoms with Gasteiger partial charge in [-0.1, -0.05) is 11.3 Å². The quantitative estimate of drug-likeness (QED) is 0.857. The number of thiophene rings is 1. The molecule has 3 heterocycles. The number of aromatic nitrogens is 3. The Labute approximate surface area is 121 Å². The summed E-state index contributed by atoms with van der Waals surface area (Å²) >= 11 is 1.67. The van der Waals surface area contributed by atoms with Crippen molar-refractivity contribution in [2.75, 3.05) is 13.1 Å². The first-order valence-corrected chi connectivity index (χ1v) is 7.63. The van der Waals surface area contributed by atoms with Gasteiger partial charge in [0, 0.05) is 17.5 Å². The van der Waals surface area contributed by atoms with Crippen LogP contribution < -0.4 is 10.6 Å². The number of nitrogens with one attached hydrogen (secondary N) is 2. The lowest BCUT2D eigenvalue weighted by Crippen LogP contribution is -2.37. The third-order valence-corrected chi connectivity index (χ3v) is 4.20. The van der Waals surface area contributed by atoms with E-state index in [0.717, 1.165) is 13.0 Å². The molecule has 0 bridgehead atoms. The van der Waals surface area contributed by atoms with Crippen molar-refractivity contribution in [2.24, 2.45) is 0 Å². The Morgan fingerprint density at radius 1 is 1.60 bits per heavy atom. The van der Waals surface area contributed by atoms with E-state index in [9.17, 15) is 4.79 Å². The third-order valence-electron chi connectivity index (χ3n) is 3.34. The largest absolute Gasteiger partial charge is 0.349 e. The minimum atomic E-state index is -0.156. The standard InChI is InChI=1S/C13H17N5OS/c19-13(15-7-10-3-1-5-14-10)12-9-18(17-16-12)8-11-4-2-6-20-11/h2,4,6,9-10,14H,1,3,5,7-8H2,(H,15,19). The van der Waals surface area contributed by atoms with Crippen LogP contribution in [-0.2, 0) is 6.54 Å². The summed E-state index contributed by atoms with van der Waals surface area (Å²) in [5.74, 6) is -0.156. The molecule has 7 heteroatoms. The third kappa shape index (κ3) is 3.23. The van der Waals surface area contributed by atoms with Crippen molar-refractivity contribution in [1.29, 1.82) is 0 Å². The summed E-state index contributed by atoms with van der Waals surface area (Å²) in [5, 5.41) is 16.2. The maximum atomic E-state index is 12.0. The van der Waals surface area contributed by atoms with E-state index in [1.165, 1.54) is 11.3 Å². The highest BCUT2D eigenvalue weighted by Gasteiger charge is 2.16. The molecular formula is C13H17N5OS. The van der Waals surface area contributed by atoms with Gasteiger partial charge < -0.3 is 10.6 Å². The van der Waals surface area contributed by atoms with Crippen LogP contribution in [0, 0.1) is 0 Å². The van der Waals surface area contributed by atoms with Crippen molar-refractivity contribution in [3.63, 3.8) is 0 Å². The molecule has 0 aromatic carbocycles. The number of carbonyl (C=O) groups is 1. The second-order valence-electron chi connectivity index (χ2n) is 4.88.